The van der Waals surface area contributed by atoms with Crippen LogP contribution in [0, 0.1) is 17.2 Å². The molecule has 2 rings (SSSR count). The molecule has 4 nitrogen and oxygen atoms in total. The molecule has 0 radical (unpaired) electrons. The number of hydrogen-bond donors (Lipinski definition) is 2. The van der Waals surface area contributed by atoms with Gasteiger partial charge in [0.15, 0.2) is 0 Å². The fourth-order valence-electron chi connectivity index (χ4n) is 2.69. The maximum atomic E-state index is 11.4. The van der Waals surface area contributed by atoms with Gasteiger partial charge in [0.05, 0.1) is 11.5 Å². The van der Waals surface area contributed by atoms with Gasteiger partial charge in [0, 0.05) is 16.2 Å². The highest BCUT2D eigenvalue weighted by atomic mass is 79.9. The van der Waals surface area contributed by atoms with Crippen molar-refractivity contribution in [2.45, 2.75) is 38.1 Å². The maximum Gasteiger partial charge on any atom is 0.308 e. The third kappa shape index (κ3) is 3.51. The number of nitrogens with one attached hydrogen (secondary N) is 1. The molecule has 1 aliphatic carbocycles. The normalized spacial score (nSPS) is 22.6. The molecule has 1 fully saturated rings. The average molecular weight is 337 g/mol. The third-order valence-electron chi connectivity index (χ3n) is 3.77. The van der Waals surface area contributed by atoms with Gasteiger partial charge in [-0.05, 0) is 47.0 Å². The Bertz CT molecular complexity index is 539. The van der Waals surface area contributed by atoms with Gasteiger partial charge in [-0.1, -0.05) is 19.3 Å². The predicted octanol–water partition coefficient (Wildman–Crippen LogP) is 3.77. The van der Waals surface area contributed by atoms with E-state index < -0.39 is 5.97 Å². The van der Waals surface area contributed by atoms with E-state index in [1.54, 1.807) is 6.07 Å². The molecule has 0 heterocycles. The van der Waals surface area contributed by atoms with Gasteiger partial charge in [-0.25, -0.2) is 0 Å². The van der Waals surface area contributed by atoms with Crippen molar-refractivity contribution in [3.63, 3.8) is 0 Å². The number of carboxylic acids is 1. The number of carboxylic acid groups (broad SMARTS) is 1. The van der Waals surface area contributed by atoms with Crippen LogP contribution in [0.15, 0.2) is 22.7 Å². The molecule has 0 spiro atoms. The van der Waals surface area contributed by atoms with Crippen LogP contribution in [-0.2, 0) is 4.79 Å². The second-order valence-corrected chi connectivity index (χ2v) is 5.99. The number of carbonyl (C=O) groups is 1. The molecule has 2 N–H and O–H groups in total. The van der Waals surface area contributed by atoms with Crippen LogP contribution in [0.5, 0.6) is 0 Å². The highest BCUT2D eigenvalue weighted by Gasteiger charge is 2.29. The number of anilines is 1. The van der Waals surface area contributed by atoms with Crippen molar-refractivity contribution in [3.8, 4) is 6.07 Å². The Kier molecular flexibility index (Phi) is 5.02. The molecule has 0 aromatic heterocycles. The van der Waals surface area contributed by atoms with E-state index >= 15 is 0 Å². The van der Waals surface area contributed by atoms with Crippen LogP contribution >= 0.6 is 15.9 Å². The van der Waals surface area contributed by atoms with Crippen LogP contribution in [0.1, 0.15) is 37.7 Å². The zero-order valence-electron chi connectivity index (χ0n) is 11.1. The monoisotopic (exact) mass is 336 g/mol. The lowest BCUT2D eigenvalue weighted by Gasteiger charge is -2.24. The Morgan fingerprint density at radius 3 is 2.75 bits per heavy atom. The Labute approximate surface area is 126 Å². The molecule has 20 heavy (non-hydrogen) atoms. The Hall–Kier alpha value is -1.54. The van der Waals surface area contributed by atoms with E-state index in [0.29, 0.717) is 5.56 Å². The van der Waals surface area contributed by atoms with Gasteiger partial charge in [0.2, 0.25) is 0 Å². The van der Waals surface area contributed by atoms with Crippen molar-refractivity contribution in [1.82, 2.24) is 0 Å². The minimum atomic E-state index is -0.725. The molecule has 1 aliphatic rings. The molecular formula is C15H17BrN2O2. The molecule has 2 unspecified atom stereocenters. The zero-order chi connectivity index (χ0) is 14.5. The van der Waals surface area contributed by atoms with Crippen molar-refractivity contribution in [2.24, 2.45) is 5.92 Å². The second kappa shape index (κ2) is 6.76. The molecular weight excluding hydrogens is 320 g/mol. The van der Waals surface area contributed by atoms with E-state index in [1.807, 2.05) is 12.1 Å². The number of halogens is 1. The average Bonchev–Trinajstić information content (AvgIpc) is 2.64. The summed E-state index contributed by atoms with van der Waals surface area (Å²) in [6, 6.07) is 7.45. The molecule has 0 aliphatic heterocycles. The van der Waals surface area contributed by atoms with Crippen LogP contribution in [0.2, 0.25) is 0 Å². The standard InChI is InChI=1S/C15H17BrN2O2/c16-13-8-11(7-6-10(13)9-17)18-14-5-3-1-2-4-12(14)15(19)20/h6-8,12,14,18H,1-5H2,(H,19,20). The number of benzene rings is 1. The summed E-state index contributed by atoms with van der Waals surface area (Å²) in [7, 11) is 0. The summed E-state index contributed by atoms with van der Waals surface area (Å²) < 4.78 is 0.727. The molecule has 1 saturated carbocycles. The van der Waals surface area contributed by atoms with E-state index in [9.17, 15) is 9.90 Å². The summed E-state index contributed by atoms with van der Waals surface area (Å²) in [5.41, 5.74) is 1.43. The van der Waals surface area contributed by atoms with Crippen LogP contribution in [0.4, 0.5) is 5.69 Å². The highest BCUT2D eigenvalue weighted by molar-refractivity contribution is 9.10. The third-order valence-corrected chi connectivity index (χ3v) is 4.43. The highest BCUT2D eigenvalue weighted by Crippen LogP contribution is 2.28. The largest absolute Gasteiger partial charge is 0.481 e. The number of rotatable bonds is 3. The van der Waals surface area contributed by atoms with Crippen molar-refractivity contribution in [1.29, 1.82) is 5.26 Å². The molecule has 1 aromatic carbocycles. The van der Waals surface area contributed by atoms with Crippen LogP contribution in [0.3, 0.4) is 0 Å². The lowest BCUT2D eigenvalue weighted by Crippen LogP contribution is -2.33. The van der Waals surface area contributed by atoms with Crippen LogP contribution < -0.4 is 5.32 Å². The van der Waals surface area contributed by atoms with Crippen molar-refractivity contribution < 1.29 is 9.90 Å². The second-order valence-electron chi connectivity index (χ2n) is 5.14. The summed E-state index contributed by atoms with van der Waals surface area (Å²) >= 11 is 3.35. The van der Waals surface area contributed by atoms with Gasteiger partial charge in [0.1, 0.15) is 6.07 Å². The topological polar surface area (TPSA) is 73.1 Å². The molecule has 0 saturated heterocycles. The number of aliphatic carboxylic acids is 1. The number of hydrogen-bond acceptors (Lipinski definition) is 3. The molecule has 5 heteroatoms. The lowest BCUT2D eigenvalue weighted by molar-refractivity contribution is -0.142. The Morgan fingerprint density at radius 2 is 2.10 bits per heavy atom. The first-order valence-corrected chi connectivity index (χ1v) is 7.60. The van der Waals surface area contributed by atoms with Crippen LogP contribution in [0.25, 0.3) is 0 Å². The number of nitrogens with zero attached hydrogens (tertiary/aromatic N) is 1. The molecule has 106 valence electrons. The summed E-state index contributed by atoms with van der Waals surface area (Å²) in [4.78, 5) is 11.4. The van der Waals surface area contributed by atoms with Crippen molar-refractivity contribution >= 4 is 27.6 Å². The summed E-state index contributed by atoms with van der Waals surface area (Å²) in [5.74, 6) is -1.07. The minimum Gasteiger partial charge on any atom is -0.481 e. The van der Waals surface area contributed by atoms with Gasteiger partial charge in [0.25, 0.3) is 0 Å². The number of nitriles is 1. The van der Waals surface area contributed by atoms with Crippen molar-refractivity contribution in [2.75, 3.05) is 5.32 Å². The van der Waals surface area contributed by atoms with E-state index in [1.165, 1.54) is 0 Å². The first kappa shape index (κ1) is 14.9. The Morgan fingerprint density at radius 1 is 1.35 bits per heavy atom. The SMILES string of the molecule is N#Cc1ccc(NC2CCCCCC2C(=O)O)cc1Br. The molecule has 2 atom stereocenters. The van der Waals surface area contributed by atoms with Crippen molar-refractivity contribution in [3.05, 3.63) is 28.2 Å². The van der Waals surface area contributed by atoms with E-state index in [2.05, 4.69) is 27.3 Å². The quantitative estimate of drug-likeness (QED) is 0.824. The van der Waals surface area contributed by atoms with E-state index in [-0.39, 0.29) is 12.0 Å². The first-order chi connectivity index (χ1) is 9.61. The fraction of sp³-hybridized carbons (Fsp3) is 0.467. The van der Waals surface area contributed by atoms with Gasteiger partial charge >= 0.3 is 5.97 Å². The van der Waals surface area contributed by atoms with Gasteiger partial charge in [-0.2, -0.15) is 5.26 Å². The van der Waals surface area contributed by atoms with Gasteiger partial charge in [-0.15, -0.1) is 0 Å². The van der Waals surface area contributed by atoms with E-state index in [4.69, 9.17) is 5.26 Å². The van der Waals surface area contributed by atoms with Crippen LogP contribution in [-0.4, -0.2) is 17.1 Å². The zero-order valence-corrected chi connectivity index (χ0v) is 12.7. The molecule has 0 amide bonds. The molecule has 0 bridgehead atoms. The van der Waals surface area contributed by atoms with Gasteiger partial charge in [-0.3, -0.25) is 4.79 Å². The maximum absolute atomic E-state index is 11.4. The Balaban J connectivity index is 2.16. The lowest BCUT2D eigenvalue weighted by atomic mass is 9.94. The summed E-state index contributed by atoms with van der Waals surface area (Å²) in [6.45, 7) is 0. The molecule has 1 aromatic rings. The predicted molar refractivity (Wildman–Crippen MR) is 80.5 cm³/mol. The summed E-state index contributed by atoms with van der Waals surface area (Å²) in [5, 5.41) is 21.6. The fourth-order valence-corrected chi connectivity index (χ4v) is 3.15. The summed E-state index contributed by atoms with van der Waals surface area (Å²) in [6.07, 6.45) is 4.73. The van der Waals surface area contributed by atoms with E-state index in [0.717, 1.165) is 42.3 Å². The smallest absolute Gasteiger partial charge is 0.308 e. The van der Waals surface area contributed by atoms with Gasteiger partial charge < -0.3 is 10.4 Å². The minimum absolute atomic E-state index is 0.0464. The first-order valence-electron chi connectivity index (χ1n) is 6.81.